The fraction of sp³-hybridized carbons (Fsp3) is 0.517. The molecule has 202 valence electrons. The molecular weight excluding hydrogens is 511 g/mol. The van der Waals surface area contributed by atoms with Crippen LogP contribution >= 0.6 is 23.2 Å². The molecule has 2 atom stereocenters. The Morgan fingerprint density at radius 2 is 1.78 bits per heavy atom. The highest BCUT2D eigenvalue weighted by Gasteiger charge is 2.38. The van der Waals surface area contributed by atoms with Crippen molar-refractivity contribution in [3.8, 4) is 0 Å². The molecule has 37 heavy (non-hydrogen) atoms. The van der Waals surface area contributed by atoms with Crippen LogP contribution in [-0.2, 0) is 20.9 Å². The number of aliphatic hydroxyl groups excluding tert-OH is 1. The van der Waals surface area contributed by atoms with E-state index in [0.29, 0.717) is 16.5 Å². The molecule has 0 bridgehead atoms. The Hall–Kier alpha value is -2.12. The van der Waals surface area contributed by atoms with Crippen molar-refractivity contribution in [2.75, 3.05) is 32.1 Å². The van der Waals surface area contributed by atoms with E-state index in [-0.39, 0.29) is 24.9 Å². The van der Waals surface area contributed by atoms with Crippen LogP contribution in [0.3, 0.4) is 0 Å². The summed E-state index contributed by atoms with van der Waals surface area (Å²) in [7, 11) is 2.08. The van der Waals surface area contributed by atoms with Crippen LogP contribution in [0.15, 0.2) is 36.4 Å². The lowest BCUT2D eigenvalue weighted by Gasteiger charge is -2.33. The Bertz CT molecular complexity index is 1130. The van der Waals surface area contributed by atoms with E-state index < -0.39 is 22.9 Å². The van der Waals surface area contributed by atoms with Crippen LogP contribution in [0, 0.1) is 10.8 Å². The number of hydrogen-bond acceptors (Lipinski definition) is 6. The van der Waals surface area contributed by atoms with Gasteiger partial charge in [-0.15, -0.1) is 0 Å². The normalized spacial score (nSPS) is 17.2. The summed E-state index contributed by atoms with van der Waals surface area (Å²) in [5.41, 5.74) is 2.81. The first kappa shape index (κ1) is 29.4. The van der Waals surface area contributed by atoms with Gasteiger partial charge in [-0.1, -0.05) is 49.2 Å². The van der Waals surface area contributed by atoms with Crippen LogP contribution in [-0.4, -0.2) is 54.6 Å². The van der Waals surface area contributed by atoms with Gasteiger partial charge in [0.1, 0.15) is 18.5 Å². The van der Waals surface area contributed by atoms with Crippen LogP contribution in [0.2, 0.25) is 10.0 Å². The molecule has 0 amide bonds. The number of likely N-dealkylation sites (N-methyl/N-ethyl adjacent to an activating group) is 1. The smallest absolute Gasteiger partial charge is 0.311 e. The number of aliphatic hydroxyl groups is 1. The summed E-state index contributed by atoms with van der Waals surface area (Å²) < 4.78 is 5.38. The predicted molar refractivity (Wildman–Crippen MR) is 149 cm³/mol. The minimum absolute atomic E-state index is 0.0240. The number of carbonyl (C=O) groups is 2. The van der Waals surface area contributed by atoms with Gasteiger partial charge in [0.2, 0.25) is 0 Å². The molecule has 0 radical (unpaired) electrons. The van der Waals surface area contributed by atoms with Crippen molar-refractivity contribution in [2.45, 2.75) is 59.6 Å². The van der Waals surface area contributed by atoms with Gasteiger partial charge >= 0.3 is 5.97 Å². The SMILES string of the molecule is CC(=O)C(C)(C)CC(C)(C)C(=O)OCC(O)CNc1ccc(C2CN(C)Cc3c(Cl)cc(Cl)cc32)cc1. The quantitative estimate of drug-likeness (QED) is 0.359. The molecular formula is C29H38Cl2N2O4. The molecule has 8 heteroatoms. The third-order valence-corrected chi connectivity index (χ3v) is 7.70. The van der Waals surface area contributed by atoms with Crippen molar-refractivity contribution in [1.29, 1.82) is 0 Å². The first-order chi connectivity index (χ1) is 17.2. The molecule has 2 aromatic carbocycles. The highest BCUT2D eigenvalue weighted by Crippen LogP contribution is 2.39. The molecule has 1 heterocycles. The maximum atomic E-state index is 12.6. The van der Waals surface area contributed by atoms with Crippen molar-refractivity contribution in [3.05, 3.63) is 63.1 Å². The highest BCUT2D eigenvalue weighted by molar-refractivity contribution is 6.35. The van der Waals surface area contributed by atoms with Crippen LogP contribution in [0.1, 0.15) is 63.6 Å². The molecule has 0 fully saturated rings. The molecule has 0 saturated carbocycles. The summed E-state index contributed by atoms with van der Waals surface area (Å²) in [6, 6.07) is 11.9. The number of hydrogen-bond donors (Lipinski definition) is 2. The molecule has 2 unspecified atom stereocenters. The fourth-order valence-corrected chi connectivity index (χ4v) is 5.50. The van der Waals surface area contributed by atoms with E-state index in [9.17, 15) is 14.7 Å². The van der Waals surface area contributed by atoms with Crippen molar-refractivity contribution in [3.63, 3.8) is 0 Å². The van der Waals surface area contributed by atoms with E-state index in [1.807, 2.05) is 32.0 Å². The number of ketones is 1. The predicted octanol–water partition coefficient (Wildman–Crippen LogP) is 5.92. The zero-order valence-electron chi connectivity index (χ0n) is 22.5. The lowest BCUT2D eigenvalue weighted by molar-refractivity contribution is -0.159. The first-order valence-electron chi connectivity index (χ1n) is 12.6. The Labute approximate surface area is 230 Å². The van der Waals surface area contributed by atoms with Crippen molar-refractivity contribution < 1.29 is 19.4 Å². The molecule has 0 aromatic heterocycles. The van der Waals surface area contributed by atoms with Gasteiger partial charge in [0, 0.05) is 46.7 Å². The number of esters is 1. The van der Waals surface area contributed by atoms with E-state index in [0.717, 1.165) is 35.5 Å². The molecule has 1 aliphatic heterocycles. The summed E-state index contributed by atoms with van der Waals surface area (Å²) in [5.74, 6) is -0.251. The van der Waals surface area contributed by atoms with E-state index in [1.165, 1.54) is 6.92 Å². The Morgan fingerprint density at radius 1 is 1.14 bits per heavy atom. The van der Waals surface area contributed by atoms with E-state index in [1.54, 1.807) is 19.9 Å². The number of nitrogens with zero attached hydrogens (tertiary/aromatic N) is 1. The topological polar surface area (TPSA) is 78.9 Å². The number of ether oxygens (including phenoxy) is 1. The van der Waals surface area contributed by atoms with Crippen molar-refractivity contribution in [1.82, 2.24) is 4.90 Å². The third-order valence-electron chi connectivity index (χ3n) is 7.14. The minimum Gasteiger partial charge on any atom is -0.462 e. The van der Waals surface area contributed by atoms with Crippen LogP contribution in [0.4, 0.5) is 5.69 Å². The average molecular weight is 550 g/mol. The third kappa shape index (κ3) is 7.47. The van der Waals surface area contributed by atoms with Gasteiger partial charge in [0.25, 0.3) is 0 Å². The van der Waals surface area contributed by atoms with Crippen molar-refractivity contribution >= 4 is 40.6 Å². The van der Waals surface area contributed by atoms with Gasteiger partial charge in [-0.25, -0.2) is 0 Å². The number of halogens is 2. The maximum Gasteiger partial charge on any atom is 0.311 e. The minimum atomic E-state index is -0.872. The second-order valence-corrected chi connectivity index (χ2v) is 12.3. The Morgan fingerprint density at radius 3 is 2.41 bits per heavy atom. The lowest BCUT2D eigenvalue weighted by Crippen LogP contribution is -2.37. The highest BCUT2D eigenvalue weighted by atomic mass is 35.5. The number of nitrogens with one attached hydrogen (secondary N) is 1. The Balaban J connectivity index is 1.56. The monoisotopic (exact) mass is 548 g/mol. The van der Waals surface area contributed by atoms with E-state index >= 15 is 0 Å². The van der Waals surface area contributed by atoms with Gasteiger partial charge in [0.05, 0.1) is 5.41 Å². The molecule has 1 aliphatic rings. The second-order valence-electron chi connectivity index (χ2n) is 11.5. The largest absolute Gasteiger partial charge is 0.462 e. The van der Waals surface area contributed by atoms with Crippen LogP contribution in [0.25, 0.3) is 0 Å². The summed E-state index contributed by atoms with van der Waals surface area (Å²) in [5, 5.41) is 14.9. The summed E-state index contributed by atoms with van der Waals surface area (Å²) in [4.78, 5) is 26.7. The summed E-state index contributed by atoms with van der Waals surface area (Å²) in [6.45, 7) is 10.4. The lowest BCUT2D eigenvalue weighted by atomic mass is 9.73. The van der Waals surface area contributed by atoms with Gasteiger partial charge in [-0.3, -0.25) is 9.59 Å². The van der Waals surface area contributed by atoms with Crippen molar-refractivity contribution in [2.24, 2.45) is 10.8 Å². The Kier molecular flexibility index (Phi) is 9.33. The zero-order valence-corrected chi connectivity index (χ0v) is 24.0. The summed E-state index contributed by atoms with van der Waals surface area (Å²) in [6.07, 6.45) is -0.502. The van der Waals surface area contributed by atoms with Crippen LogP contribution in [0.5, 0.6) is 0 Å². The van der Waals surface area contributed by atoms with Crippen LogP contribution < -0.4 is 5.32 Å². The number of fused-ring (bicyclic) bond motifs is 1. The van der Waals surface area contributed by atoms with Gasteiger partial charge in [-0.05, 0) is 75.2 Å². The average Bonchev–Trinajstić information content (AvgIpc) is 2.81. The number of benzene rings is 2. The molecule has 2 N–H and O–H groups in total. The number of Topliss-reactive ketones (excluding diaryl/α,β-unsaturated/α-hetero) is 1. The molecule has 0 saturated heterocycles. The molecule has 2 aromatic rings. The first-order valence-corrected chi connectivity index (χ1v) is 13.3. The number of anilines is 1. The molecule has 3 rings (SSSR count). The molecule has 6 nitrogen and oxygen atoms in total. The fourth-order valence-electron chi connectivity index (χ4n) is 4.93. The molecule has 0 spiro atoms. The van der Waals surface area contributed by atoms with E-state index in [2.05, 4.69) is 29.4 Å². The van der Waals surface area contributed by atoms with Gasteiger partial charge < -0.3 is 20.1 Å². The number of rotatable bonds is 10. The zero-order chi connectivity index (χ0) is 27.5. The van der Waals surface area contributed by atoms with Gasteiger partial charge in [0.15, 0.2) is 0 Å². The van der Waals surface area contributed by atoms with Gasteiger partial charge in [-0.2, -0.15) is 0 Å². The second kappa shape index (κ2) is 11.7. The summed E-state index contributed by atoms with van der Waals surface area (Å²) >= 11 is 12.8. The molecule has 0 aliphatic carbocycles. The van der Waals surface area contributed by atoms with E-state index in [4.69, 9.17) is 27.9 Å². The standard InChI is InChI=1S/C29H38Cl2N2O4/c1-18(34)28(2,3)17-29(4,5)27(36)37-16-22(35)13-32-21-9-7-19(8-10-21)24-14-33(6)15-25-23(24)11-20(30)12-26(25)31/h7-12,22,24,32,35H,13-17H2,1-6H3. The maximum absolute atomic E-state index is 12.6. The number of carbonyl (C=O) groups excluding carboxylic acids is 2.